The number of rotatable bonds is 4. The highest BCUT2D eigenvalue weighted by atomic mass is 15.2. The topological polar surface area (TPSA) is 52.0 Å². The lowest BCUT2D eigenvalue weighted by molar-refractivity contribution is 0.337. The number of aryl methyl sites for hydroxylation is 1. The summed E-state index contributed by atoms with van der Waals surface area (Å²) in [6.07, 6.45) is 10.5. The predicted octanol–water partition coefficient (Wildman–Crippen LogP) is 4.65. The number of aromatic nitrogens is 4. The monoisotopic (exact) mass is 396 g/mol. The van der Waals surface area contributed by atoms with Gasteiger partial charge in [-0.2, -0.15) is 5.10 Å². The molecule has 0 spiro atoms. The van der Waals surface area contributed by atoms with Gasteiger partial charge >= 0.3 is 0 Å². The van der Waals surface area contributed by atoms with Gasteiger partial charge in [-0.3, -0.25) is 9.67 Å². The minimum atomic E-state index is 0.644. The van der Waals surface area contributed by atoms with Crippen LogP contribution in [0.1, 0.15) is 12.8 Å². The normalized spacial score (nSPS) is 14.8. The molecular weight excluding hydrogens is 372 g/mol. The van der Waals surface area contributed by atoms with Crippen molar-refractivity contribution >= 4 is 16.6 Å². The van der Waals surface area contributed by atoms with E-state index in [0.717, 1.165) is 47.5 Å². The molecule has 1 aliphatic heterocycles. The van der Waals surface area contributed by atoms with Gasteiger partial charge in [-0.1, -0.05) is 24.3 Å². The van der Waals surface area contributed by atoms with Gasteiger partial charge in [-0.05, 0) is 43.5 Å². The molecule has 1 saturated heterocycles. The van der Waals surface area contributed by atoms with Crippen LogP contribution in [0.3, 0.4) is 0 Å². The van der Waals surface area contributed by atoms with Gasteiger partial charge in [0.2, 0.25) is 0 Å². The molecule has 6 heteroatoms. The van der Waals surface area contributed by atoms with Crippen LogP contribution in [0.4, 0.5) is 5.69 Å². The highest BCUT2D eigenvalue weighted by molar-refractivity contribution is 6.01. The molecule has 6 nitrogen and oxygen atoms in total. The molecule has 0 saturated carbocycles. The SMILES string of the molecule is [C-]#[N+]c1ccc(-c2c(-c3cnn(C)c3)ncc3c2ccn3CC2CCNCC2)cc1. The van der Waals surface area contributed by atoms with Crippen molar-refractivity contribution in [3.05, 3.63) is 66.5 Å². The Morgan fingerprint density at radius 1 is 1.10 bits per heavy atom. The summed E-state index contributed by atoms with van der Waals surface area (Å²) < 4.78 is 4.15. The highest BCUT2D eigenvalue weighted by Crippen LogP contribution is 2.37. The molecule has 30 heavy (non-hydrogen) atoms. The van der Waals surface area contributed by atoms with Gasteiger partial charge in [0.05, 0.1) is 30.2 Å². The van der Waals surface area contributed by atoms with Crippen LogP contribution < -0.4 is 5.32 Å². The zero-order valence-electron chi connectivity index (χ0n) is 17.0. The quantitative estimate of drug-likeness (QED) is 0.511. The molecule has 5 rings (SSSR count). The fourth-order valence-corrected chi connectivity index (χ4v) is 4.42. The van der Waals surface area contributed by atoms with Gasteiger partial charge < -0.3 is 9.88 Å². The van der Waals surface area contributed by atoms with Crippen molar-refractivity contribution in [3.8, 4) is 22.4 Å². The number of piperidine rings is 1. The standard InChI is InChI=1S/C24H24N6/c1-25-20-5-3-18(4-6-20)23-21-9-12-30(15-17-7-10-26-11-8-17)22(21)14-27-24(23)19-13-28-29(2)16-19/h3-6,9,12-14,16-17,26H,7-8,10-11,15H2,2H3. The van der Waals surface area contributed by atoms with Gasteiger partial charge in [0.1, 0.15) is 0 Å². The highest BCUT2D eigenvalue weighted by Gasteiger charge is 2.19. The Morgan fingerprint density at radius 3 is 2.60 bits per heavy atom. The second-order valence-electron chi connectivity index (χ2n) is 8.00. The fraction of sp³-hybridized carbons (Fsp3) is 0.292. The van der Waals surface area contributed by atoms with E-state index in [1.165, 1.54) is 18.2 Å². The van der Waals surface area contributed by atoms with Gasteiger partial charge in [-0.25, -0.2) is 4.85 Å². The number of pyridine rings is 1. The molecule has 0 atom stereocenters. The number of hydrogen-bond donors (Lipinski definition) is 1. The Balaban J connectivity index is 1.65. The molecule has 4 heterocycles. The first-order valence-electron chi connectivity index (χ1n) is 10.4. The molecule has 0 radical (unpaired) electrons. The van der Waals surface area contributed by atoms with Crippen molar-refractivity contribution in [1.82, 2.24) is 24.6 Å². The van der Waals surface area contributed by atoms with Crippen LogP contribution in [0.15, 0.2) is 55.1 Å². The second-order valence-corrected chi connectivity index (χ2v) is 8.00. The van der Waals surface area contributed by atoms with Crippen LogP contribution in [0.5, 0.6) is 0 Å². The molecule has 1 aromatic carbocycles. The van der Waals surface area contributed by atoms with Gasteiger partial charge in [-0.15, -0.1) is 0 Å². The van der Waals surface area contributed by atoms with E-state index in [0.29, 0.717) is 11.6 Å². The minimum Gasteiger partial charge on any atom is -0.346 e. The maximum atomic E-state index is 7.25. The summed E-state index contributed by atoms with van der Waals surface area (Å²) in [5, 5.41) is 8.98. The van der Waals surface area contributed by atoms with E-state index in [2.05, 4.69) is 32.1 Å². The Hall–Kier alpha value is -3.43. The lowest BCUT2D eigenvalue weighted by atomic mass is 9.97. The summed E-state index contributed by atoms with van der Waals surface area (Å²) in [7, 11) is 1.92. The first-order chi connectivity index (χ1) is 14.7. The van der Waals surface area contributed by atoms with Gasteiger partial charge in [0, 0.05) is 42.5 Å². The molecule has 4 aromatic rings. The largest absolute Gasteiger partial charge is 0.346 e. The number of nitrogens with one attached hydrogen (secondary N) is 1. The van der Waals surface area contributed by atoms with Gasteiger partial charge in [0.15, 0.2) is 5.69 Å². The van der Waals surface area contributed by atoms with Crippen molar-refractivity contribution in [2.24, 2.45) is 13.0 Å². The van der Waals surface area contributed by atoms with Crippen LogP contribution in [0, 0.1) is 12.5 Å². The molecule has 1 N–H and O–H groups in total. The van der Waals surface area contributed by atoms with Crippen molar-refractivity contribution < 1.29 is 0 Å². The molecule has 1 fully saturated rings. The maximum Gasteiger partial charge on any atom is 0.187 e. The summed E-state index contributed by atoms with van der Waals surface area (Å²) >= 11 is 0. The van der Waals surface area contributed by atoms with Crippen LogP contribution in [0.25, 0.3) is 38.1 Å². The number of hydrogen-bond acceptors (Lipinski definition) is 3. The van der Waals surface area contributed by atoms with E-state index in [-0.39, 0.29) is 0 Å². The Morgan fingerprint density at radius 2 is 1.90 bits per heavy atom. The van der Waals surface area contributed by atoms with Crippen molar-refractivity contribution in [3.63, 3.8) is 0 Å². The predicted molar refractivity (Wildman–Crippen MR) is 119 cm³/mol. The minimum absolute atomic E-state index is 0.644. The molecule has 3 aromatic heterocycles. The van der Waals surface area contributed by atoms with Crippen molar-refractivity contribution in [2.45, 2.75) is 19.4 Å². The smallest absolute Gasteiger partial charge is 0.187 e. The molecule has 150 valence electrons. The summed E-state index contributed by atoms with van der Waals surface area (Å²) in [6.45, 7) is 10.5. The van der Waals surface area contributed by atoms with Crippen molar-refractivity contribution in [1.29, 1.82) is 0 Å². The van der Waals surface area contributed by atoms with E-state index in [1.54, 1.807) is 4.68 Å². The number of nitrogens with zero attached hydrogens (tertiary/aromatic N) is 5. The molecular formula is C24H24N6. The average Bonchev–Trinajstić information content (AvgIpc) is 3.40. The molecule has 0 aliphatic carbocycles. The van der Waals surface area contributed by atoms with E-state index < -0.39 is 0 Å². The molecule has 0 unspecified atom stereocenters. The Kier molecular flexibility index (Phi) is 4.82. The fourth-order valence-electron chi connectivity index (χ4n) is 4.42. The van der Waals surface area contributed by atoms with Crippen LogP contribution in [-0.2, 0) is 13.6 Å². The zero-order chi connectivity index (χ0) is 20.5. The molecule has 1 aliphatic rings. The lowest BCUT2D eigenvalue weighted by Gasteiger charge is -2.23. The summed E-state index contributed by atoms with van der Waals surface area (Å²) in [5.74, 6) is 0.696. The maximum absolute atomic E-state index is 7.25. The van der Waals surface area contributed by atoms with Crippen LogP contribution in [0.2, 0.25) is 0 Å². The average molecular weight is 396 g/mol. The van der Waals surface area contributed by atoms with E-state index in [1.807, 2.05) is 49.9 Å². The third-order valence-corrected chi connectivity index (χ3v) is 6.01. The Bertz CT molecular complexity index is 1220. The molecule has 0 bridgehead atoms. The van der Waals surface area contributed by atoms with E-state index in [9.17, 15) is 0 Å². The third-order valence-electron chi connectivity index (χ3n) is 6.01. The summed E-state index contributed by atoms with van der Waals surface area (Å²) in [5.41, 5.74) is 5.89. The molecule has 0 amide bonds. The first-order valence-corrected chi connectivity index (χ1v) is 10.4. The van der Waals surface area contributed by atoms with Crippen LogP contribution in [-0.4, -0.2) is 32.4 Å². The van der Waals surface area contributed by atoms with Crippen LogP contribution >= 0.6 is 0 Å². The summed E-state index contributed by atoms with van der Waals surface area (Å²) in [6, 6.07) is 10.00. The lowest BCUT2D eigenvalue weighted by Crippen LogP contribution is -2.29. The number of fused-ring (bicyclic) bond motifs is 1. The van der Waals surface area contributed by atoms with E-state index >= 15 is 0 Å². The number of benzene rings is 1. The second kappa shape index (κ2) is 7.77. The first kappa shape index (κ1) is 18.6. The van der Waals surface area contributed by atoms with Crippen molar-refractivity contribution in [2.75, 3.05) is 13.1 Å². The Labute approximate surface area is 176 Å². The third kappa shape index (κ3) is 3.38. The van der Waals surface area contributed by atoms with Gasteiger partial charge in [0.25, 0.3) is 0 Å². The zero-order valence-corrected chi connectivity index (χ0v) is 17.0. The summed E-state index contributed by atoms with van der Waals surface area (Å²) in [4.78, 5) is 8.42. The van der Waals surface area contributed by atoms with E-state index in [4.69, 9.17) is 11.6 Å².